The number of aliphatic carboxylic acids is 1. The van der Waals surface area contributed by atoms with Crippen LogP contribution in [-0.2, 0) is 14.3 Å². The highest BCUT2D eigenvalue weighted by atomic mass is 19.1. The summed E-state index contributed by atoms with van der Waals surface area (Å²) in [6, 6.07) is 5.19. The number of amides is 1. The van der Waals surface area contributed by atoms with Crippen LogP contribution < -0.4 is 4.74 Å². The number of halogens is 1. The predicted octanol–water partition coefficient (Wildman–Crippen LogP) is 0.764. The highest BCUT2D eigenvalue weighted by Gasteiger charge is 2.17. The number of carbonyl (C=O) groups is 2. The lowest BCUT2D eigenvalue weighted by atomic mass is 10.3. The Morgan fingerprint density at radius 1 is 1.30 bits per heavy atom. The lowest BCUT2D eigenvalue weighted by Crippen LogP contribution is -2.40. The molecular weight excluding hydrogens is 269 g/mol. The molecular formula is C13H16FNO5. The maximum Gasteiger partial charge on any atom is 0.323 e. The summed E-state index contributed by atoms with van der Waals surface area (Å²) in [5.41, 5.74) is 0. The number of carbonyl (C=O) groups excluding carboxylic acids is 1. The molecule has 0 aliphatic carbocycles. The molecule has 0 unspecified atom stereocenters. The van der Waals surface area contributed by atoms with E-state index in [1.165, 1.54) is 31.4 Å². The van der Waals surface area contributed by atoms with Gasteiger partial charge in [-0.15, -0.1) is 0 Å². The fourth-order valence-corrected chi connectivity index (χ4v) is 1.42. The number of hydrogen-bond acceptors (Lipinski definition) is 4. The van der Waals surface area contributed by atoms with Crippen LogP contribution >= 0.6 is 0 Å². The third-order valence-corrected chi connectivity index (χ3v) is 2.42. The van der Waals surface area contributed by atoms with Crippen molar-refractivity contribution >= 4 is 11.9 Å². The van der Waals surface area contributed by atoms with Crippen molar-refractivity contribution in [3.05, 3.63) is 30.1 Å². The van der Waals surface area contributed by atoms with Crippen LogP contribution in [0.4, 0.5) is 4.39 Å². The Labute approximate surface area is 115 Å². The largest absolute Gasteiger partial charge is 0.484 e. The van der Waals surface area contributed by atoms with Crippen LogP contribution in [0.15, 0.2) is 24.3 Å². The average Bonchev–Trinajstić information content (AvgIpc) is 2.42. The lowest BCUT2D eigenvalue weighted by Gasteiger charge is -2.20. The molecule has 0 aliphatic rings. The SMILES string of the molecule is COCCN(CC(=O)O)C(=O)COc1ccc(F)cc1. The molecule has 0 saturated carbocycles. The van der Waals surface area contributed by atoms with E-state index in [2.05, 4.69) is 0 Å². The number of carboxylic acid groups (broad SMARTS) is 1. The van der Waals surface area contributed by atoms with Gasteiger partial charge >= 0.3 is 5.97 Å². The molecule has 0 aliphatic heterocycles. The molecule has 0 fully saturated rings. The normalized spacial score (nSPS) is 10.1. The first kappa shape index (κ1) is 15.9. The van der Waals surface area contributed by atoms with Gasteiger partial charge in [-0.25, -0.2) is 4.39 Å². The summed E-state index contributed by atoms with van der Waals surface area (Å²) in [5, 5.41) is 8.73. The molecule has 1 rings (SSSR count). The van der Waals surface area contributed by atoms with Crippen LogP contribution in [0.3, 0.4) is 0 Å². The Bertz CT molecular complexity index is 449. The first-order valence-electron chi connectivity index (χ1n) is 5.90. The van der Waals surface area contributed by atoms with Gasteiger partial charge in [-0.05, 0) is 24.3 Å². The standard InChI is InChI=1S/C13H16FNO5/c1-19-7-6-15(8-13(17)18)12(16)9-20-11-4-2-10(14)3-5-11/h2-5H,6-9H2,1H3,(H,17,18). The van der Waals surface area contributed by atoms with Crippen molar-refractivity contribution in [2.45, 2.75) is 0 Å². The first-order chi connectivity index (χ1) is 9.52. The monoisotopic (exact) mass is 285 g/mol. The maximum atomic E-state index is 12.7. The minimum Gasteiger partial charge on any atom is -0.484 e. The quantitative estimate of drug-likeness (QED) is 0.763. The average molecular weight is 285 g/mol. The Kier molecular flexibility index (Phi) is 6.45. The van der Waals surface area contributed by atoms with Gasteiger partial charge in [-0.2, -0.15) is 0 Å². The Hall–Kier alpha value is -2.15. The molecule has 110 valence electrons. The third kappa shape index (κ3) is 5.66. The number of carboxylic acids is 1. The topological polar surface area (TPSA) is 76.1 Å². The number of hydrogen-bond donors (Lipinski definition) is 1. The molecule has 1 aromatic rings. The van der Waals surface area contributed by atoms with E-state index in [1.54, 1.807) is 0 Å². The van der Waals surface area contributed by atoms with E-state index in [4.69, 9.17) is 14.6 Å². The van der Waals surface area contributed by atoms with Gasteiger partial charge in [0.05, 0.1) is 6.61 Å². The summed E-state index contributed by atoms with van der Waals surface area (Å²) >= 11 is 0. The van der Waals surface area contributed by atoms with Crippen molar-refractivity contribution in [1.29, 1.82) is 0 Å². The number of rotatable bonds is 8. The number of nitrogens with zero attached hydrogens (tertiary/aromatic N) is 1. The van der Waals surface area contributed by atoms with Gasteiger partial charge in [-0.1, -0.05) is 0 Å². The van der Waals surface area contributed by atoms with Crippen molar-refractivity contribution in [1.82, 2.24) is 4.90 Å². The zero-order chi connectivity index (χ0) is 15.0. The molecule has 6 nitrogen and oxygen atoms in total. The minimum atomic E-state index is -1.11. The molecule has 0 atom stereocenters. The van der Waals surface area contributed by atoms with Crippen LogP contribution in [0.5, 0.6) is 5.75 Å². The van der Waals surface area contributed by atoms with Gasteiger partial charge < -0.3 is 19.5 Å². The fourth-order valence-electron chi connectivity index (χ4n) is 1.42. The molecule has 1 amide bonds. The maximum absolute atomic E-state index is 12.7. The van der Waals surface area contributed by atoms with E-state index in [1.807, 2.05) is 0 Å². The Balaban J connectivity index is 2.51. The first-order valence-corrected chi connectivity index (χ1v) is 5.90. The van der Waals surface area contributed by atoms with Gasteiger partial charge in [0, 0.05) is 13.7 Å². The molecule has 0 heterocycles. The van der Waals surface area contributed by atoms with Crippen molar-refractivity contribution in [2.75, 3.05) is 33.4 Å². The lowest BCUT2D eigenvalue weighted by molar-refractivity contribution is -0.145. The van der Waals surface area contributed by atoms with Crippen LogP contribution in [0.2, 0.25) is 0 Å². The zero-order valence-electron chi connectivity index (χ0n) is 11.0. The second kappa shape index (κ2) is 8.11. The van der Waals surface area contributed by atoms with Gasteiger partial charge in [-0.3, -0.25) is 9.59 Å². The molecule has 0 aromatic heterocycles. The van der Waals surface area contributed by atoms with Gasteiger partial charge in [0.25, 0.3) is 5.91 Å². The highest BCUT2D eigenvalue weighted by Crippen LogP contribution is 2.11. The van der Waals surface area contributed by atoms with Crippen LogP contribution in [-0.4, -0.2) is 55.3 Å². The number of methoxy groups -OCH3 is 1. The number of ether oxygens (including phenoxy) is 2. The Morgan fingerprint density at radius 3 is 2.50 bits per heavy atom. The fraction of sp³-hybridized carbons (Fsp3) is 0.385. The van der Waals surface area contributed by atoms with E-state index in [9.17, 15) is 14.0 Å². The highest BCUT2D eigenvalue weighted by molar-refractivity contribution is 5.82. The summed E-state index contributed by atoms with van der Waals surface area (Å²) in [4.78, 5) is 23.6. The van der Waals surface area contributed by atoms with Crippen LogP contribution in [0.1, 0.15) is 0 Å². The van der Waals surface area contributed by atoms with Crippen molar-refractivity contribution < 1.29 is 28.6 Å². The second-order valence-electron chi connectivity index (χ2n) is 3.94. The molecule has 1 aromatic carbocycles. The molecule has 0 bridgehead atoms. The van der Waals surface area contributed by atoms with Crippen molar-refractivity contribution in [2.24, 2.45) is 0 Å². The minimum absolute atomic E-state index is 0.161. The number of benzene rings is 1. The van der Waals surface area contributed by atoms with E-state index in [0.717, 1.165) is 4.90 Å². The predicted molar refractivity (Wildman–Crippen MR) is 68.0 cm³/mol. The molecule has 20 heavy (non-hydrogen) atoms. The van der Waals surface area contributed by atoms with E-state index in [-0.39, 0.29) is 19.8 Å². The summed E-state index contributed by atoms with van der Waals surface area (Å²) < 4.78 is 22.7. The van der Waals surface area contributed by atoms with Gasteiger partial charge in [0.1, 0.15) is 18.1 Å². The molecule has 0 radical (unpaired) electrons. The van der Waals surface area contributed by atoms with E-state index >= 15 is 0 Å². The van der Waals surface area contributed by atoms with Gasteiger partial charge in [0.15, 0.2) is 6.61 Å². The van der Waals surface area contributed by atoms with E-state index in [0.29, 0.717) is 5.75 Å². The smallest absolute Gasteiger partial charge is 0.323 e. The van der Waals surface area contributed by atoms with E-state index < -0.39 is 24.2 Å². The second-order valence-corrected chi connectivity index (χ2v) is 3.94. The molecule has 7 heteroatoms. The third-order valence-electron chi connectivity index (χ3n) is 2.42. The molecule has 1 N–H and O–H groups in total. The van der Waals surface area contributed by atoms with Crippen molar-refractivity contribution in [3.8, 4) is 5.75 Å². The summed E-state index contributed by atoms with van der Waals surface area (Å²) in [6.07, 6.45) is 0. The summed E-state index contributed by atoms with van der Waals surface area (Å²) in [6.45, 7) is -0.346. The summed E-state index contributed by atoms with van der Waals surface area (Å²) in [5.74, 6) is -1.66. The van der Waals surface area contributed by atoms with Crippen LogP contribution in [0, 0.1) is 5.82 Å². The molecule has 0 saturated heterocycles. The molecule has 0 spiro atoms. The Morgan fingerprint density at radius 2 is 1.95 bits per heavy atom. The van der Waals surface area contributed by atoms with Crippen LogP contribution in [0.25, 0.3) is 0 Å². The van der Waals surface area contributed by atoms with Gasteiger partial charge in [0.2, 0.25) is 0 Å². The van der Waals surface area contributed by atoms with Crippen molar-refractivity contribution in [3.63, 3.8) is 0 Å². The zero-order valence-corrected chi connectivity index (χ0v) is 11.0. The summed E-state index contributed by atoms with van der Waals surface area (Å²) in [7, 11) is 1.46.